The number of benzene rings is 1. The summed E-state index contributed by atoms with van der Waals surface area (Å²) in [5.74, 6) is 0.596. The topological polar surface area (TPSA) is 55.4 Å². The third-order valence-corrected chi connectivity index (χ3v) is 5.15. The lowest BCUT2D eigenvalue weighted by Gasteiger charge is -2.20. The number of ether oxygens (including phenoxy) is 1. The minimum absolute atomic E-state index is 0.0176. The molecule has 7 heteroatoms. The van der Waals surface area contributed by atoms with Gasteiger partial charge in [-0.2, -0.15) is 13.2 Å². The SMILES string of the molecule is O=C(COC(=O)C[C@H]1C[C@@H]2CC[C@@H]1C2)Nc1cccc(C(F)(F)F)c1. The van der Waals surface area contributed by atoms with E-state index in [4.69, 9.17) is 4.74 Å². The lowest BCUT2D eigenvalue weighted by Crippen LogP contribution is -2.23. The van der Waals surface area contributed by atoms with Gasteiger partial charge in [-0.05, 0) is 55.2 Å². The molecular weight excluding hydrogens is 335 g/mol. The number of fused-ring (bicyclic) bond motifs is 2. The van der Waals surface area contributed by atoms with E-state index in [2.05, 4.69) is 5.32 Å². The van der Waals surface area contributed by atoms with Gasteiger partial charge in [0.2, 0.25) is 0 Å². The fourth-order valence-corrected chi connectivity index (χ4v) is 4.02. The summed E-state index contributed by atoms with van der Waals surface area (Å²) in [6.07, 6.45) is 0.490. The number of hydrogen-bond acceptors (Lipinski definition) is 3. The van der Waals surface area contributed by atoms with E-state index in [1.165, 1.54) is 31.4 Å². The lowest BCUT2D eigenvalue weighted by molar-refractivity contribution is -0.148. The maximum Gasteiger partial charge on any atom is 0.416 e. The van der Waals surface area contributed by atoms with Crippen molar-refractivity contribution >= 4 is 17.6 Å². The van der Waals surface area contributed by atoms with Gasteiger partial charge in [0.15, 0.2) is 6.61 Å². The summed E-state index contributed by atoms with van der Waals surface area (Å²) in [4.78, 5) is 23.6. The normalized spacial score (nSPS) is 25.0. The first kappa shape index (κ1) is 17.8. The molecule has 1 aromatic carbocycles. The molecule has 0 aromatic heterocycles. The Hall–Kier alpha value is -2.05. The molecule has 136 valence electrons. The maximum atomic E-state index is 12.6. The average Bonchev–Trinajstić information content (AvgIpc) is 3.15. The Balaban J connectivity index is 1.44. The summed E-state index contributed by atoms with van der Waals surface area (Å²) in [6, 6.07) is 4.32. The number of alkyl halides is 3. The second-order valence-electron chi connectivity index (χ2n) is 6.93. The molecule has 0 unspecified atom stereocenters. The van der Waals surface area contributed by atoms with Crippen LogP contribution in [0.3, 0.4) is 0 Å². The van der Waals surface area contributed by atoms with Crippen LogP contribution in [-0.2, 0) is 20.5 Å². The monoisotopic (exact) mass is 355 g/mol. The minimum atomic E-state index is -4.48. The summed E-state index contributed by atoms with van der Waals surface area (Å²) in [5, 5.41) is 2.31. The highest BCUT2D eigenvalue weighted by atomic mass is 19.4. The largest absolute Gasteiger partial charge is 0.456 e. The molecule has 1 aromatic rings. The molecular formula is C18H20F3NO3. The molecule has 0 spiro atoms. The molecule has 1 N–H and O–H groups in total. The highest BCUT2D eigenvalue weighted by Gasteiger charge is 2.40. The number of amides is 1. The van der Waals surface area contributed by atoms with Gasteiger partial charge in [0, 0.05) is 12.1 Å². The van der Waals surface area contributed by atoms with Gasteiger partial charge in [-0.1, -0.05) is 12.5 Å². The van der Waals surface area contributed by atoms with Crippen LogP contribution < -0.4 is 5.32 Å². The first-order valence-electron chi connectivity index (χ1n) is 8.44. The Bertz CT molecular complexity index is 659. The van der Waals surface area contributed by atoms with Crippen LogP contribution in [0, 0.1) is 17.8 Å². The zero-order chi connectivity index (χ0) is 18.0. The number of nitrogens with one attached hydrogen (secondary N) is 1. The molecule has 0 aliphatic heterocycles. The Morgan fingerprint density at radius 2 is 2.00 bits per heavy atom. The molecule has 0 heterocycles. The molecule has 2 bridgehead atoms. The zero-order valence-electron chi connectivity index (χ0n) is 13.6. The van der Waals surface area contributed by atoms with Crippen LogP contribution in [0.2, 0.25) is 0 Å². The van der Waals surface area contributed by atoms with E-state index >= 15 is 0 Å². The zero-order valence-corrected chi connectivity index (χ0v) is 13.6. The van der Waals surface area contributed by atoms with E-state index < -0.39 is 30.2 Å². The highest BCUT2D eigenvalue weighted by Crippen LogP contribution is 2.49. The Labute approximate surface area is 143 Å². The van der Waals surface area contributed by atoms with Gasteiger partial charge in [0.05, 0.1) is 5.56 Å². The van der Waals surface area contributed by atoms with Crippen molar-refractivity contribution in [2.24, 2.45) is 17.8 Å². The van der Waals surface area contributed by atoms with E-state index in [0.29, 0.717) is 18.3 Å². The first-order valence-corrected chi connectivity index (χ1v) is 8.44. The molecule has 2 saturated carbocycles. The number of hydrogen-bond donors (Lipinski definition) is 1. The van der Waals surface area contributed by atoms with Gasteiger partial charge in [-0.25, -0.2) is 0 Å². The van der Waals surface area contributed by atoms with Crippen molar-refractivity contribution in [2.75, 3.05) is 11.9 Å². The Morgan fingerprint density at radius 1 is 1.20 bits per heavy atom. The van der Waals surface area contributed by atoms with E-state index in [9.17, 15) is 22.8 Å². The summed E-state index contributed by atoms with van der Waals surface area (Å²) in [7, 11) is 0. The fourth-order valence-electron chi connectivity index (χ4n) is 4.02. The van der Waals surface area contributed by atoms with E-state index in [0.717, 1.165) is 24.5 Å². The van der Waals surface area contributed by atoms with E-state index in [-0.39, 0.29) is 5.69 Å². The van der Waals surface area contributed by atoms with Crippen molar-refractivity contribution < 1.29 is 27.5 Å². The van der Waals surface area contributed by atoms with Crippen molar-refractivity contribution in [3.63, 3.8) is 0 Å². The molecule has 3 rings (SSSR count). The van der Waals surface area contributed by atoms with Gasteiger partial charge in [0.25, 0.3) is 5.91 Å². The smallest absolute Gasteiger partial charge is 0.416 e. The molecule has 2 fully saturated rings. The quantitative estimate of drug-likeness (QED) is 0.812. The predicted octanol–water partition coefficient (Wildman–Crippen LogP) is 4.01. The number of anilines is 1. The van der Waals surface area contributed by atoms with Gasteiger partial charge in [-0.3, -0.25) is 9.59 Å². The Kier molecular flexibility index (Phi) is 5.01. The predicted molar refractivity (Wildman–Crippen MR) is 84.6 cm³/mol. The van der Waals surface area contributed by atoms with Crippen LogP contribution in [0.1, 0.15) is 37.7 Å². The average molecular weight is 355 g/mol. The number of rotatable bonds is 5. The van der Waals surface area contributed by atoms with Crippen molar-refractivity contribution in [1.29, 1.82) is 0 Å². The van der Waals surface area contributed by atoms with Gasteiger partial charge in [-0.15, -0.1) is 0 Å². The summed E-state index contributed by atoms with van der Waals surface area (Å²) >= 11 is 0. The summed E-state index contributed by atoms with van der Waals surface area (Å²) in [6.45, 7) is -0.490. The maximum absolute atomic E-state index is 12.6. The molecule has 2 aliphatic rings. The first-order chi connectivity index (χ1) is 11.8. The van der Waals surface area contributed by atoms with E-state index in [1.54, 1.807) is 0 Å². The number of carbonyl (C=O) groups is 2. The van der Waals surface area contributed by atoms with Crippen LogP contribution >= 0.6 is 0 Å². The fraction of sp³-hybridized carbons (Fsp3) is 0.556. The minimum Gasteiger partial charge on any atom is -0.456 e. The molecule has 25 heavy (non-hydrogen) atoms. The molecule has 3 atom stereocenters. The van der Waals surface area contributed by atoms with Crippen LogP contribution in [0.15, 0.2) is 24.3 Å². The number of carbonyl (C=O) groups excluding carboxylic acids is 2. The number of halogens is 3. The van der Waals surface area contributed by atoms with Crippen LogP contribution in [-0.4, -0.2) is 18.5 Å². The van der Waals surface area contributed by atoms with Crippen LogP contribution in [0.5, 0.6) is 0 Å². The molecule has 0 radical (unpaired) electrons. The molecule has 4 nitrogen and oxygen atoms in total. The standard InChI is InChI=1S/C18H20F3NO3/c19-18(20,21)14-2-1-3-15(9-14)22-16(23)10-25-17(24)8-13-7-11-4-5-12(13)6-11/h1-3,9,11-13H,4-8,10H2,(H,22,23)/t11-,12-,13-/m1/s1. The summed E-state index contributed by atoms with van der Waals surface area (Å²) < 4.78 is 42.9. The molecule has 1 amide bonds. The van der Waals surface area contributed by atoms with Crippen molar-refractivity contribution in [3.05, 3.63) is 29.8 Å². The lowest BCUT2D eigenvalue weighted by atomic mass is 9.86. The second kappa shape index (κ2) is 7.06. The summed E-state index contributed by atoms with van der Waals surface area (Å²) in [5.41, 5.74) is -0.831. The third-order valence-electron chi connectivity index (χ3n) is 5.15. The second-order valence-corrected chi connectivity index (χ2v) is 6.93. The van der Waals surface area contributed by atoms with E-state index in [1.807, 2.05) is 0 Å². The van der Waals surface area contributed by atoms with Crippen LogP contribution in [0.4, 0.5) is 18.9 Å². The van der Waals surface area contributed by atoms with Crippen molar-refractivity contribution in [3.8, 4) is 0 Å². The van der Waals surface area contributed by atoms with Gasteiger partial charge in [0.1, 0.15) is 0 Å². The van der Waals surface area contributed by atoms with Gasteiger partial charge >= 0.3 is 12.1 Å². The number of esters is 1. The van der Waals surface area contributed by atoms with Gasteiger partial charge < -0.3 is 10.1 Å². The van der Waals surface area contributed by atoms with Crippen LogP contribution in [0.25, 0.3) is 0 Å². The molecule has 0 saturated heterocycles. The van der Waals surface area contributed by atoms with Crippen molar-refractivity contribution in [1.82, 2.24) is 0 Å². The highest BCUT2D eigenvalue weighted by molar-refractivity contribution is 5.92. The third kappa shape index (κ3) is 4.52. The molecule has 2 aliphatic carbocycles. The Morgan fingerprint density at radius 3 is 2.64 bits per heavy atom. The van der Waals surface area contributed by atoms with Crippen molar-refractivity contribution in [2.45, 2.75) is 38.3 Å².